The molecule has 0 saturated heterocycles. The number of rotatable bonds is 6. The fourth-order valence-electron chi connectivity index (χ4n) is 11.1. The summed E-state index contributed by atoms with van der Waals surface area (Å²) in [6.07, 6.45) is 20.2. The fourth-order valence-corrected chi connectivity index (χ4v) is 15.3. The van der Waals surface area contributed by atoms with Gasteiger partial charge in [-0.15, -0.1) is 0 Å². The van der Waals surface area contributed by atoms with Gasteiger partial charge in [-0.05, 0) is 71.7 Å². The molecule has 0 amide bonds. The lowest BCUT2D eigenvalue weighted by Gasteiger charge is -2.38. The van der Waals surface area contributed by atoms with E-state index in [9.17, 15) is 0 Å². The number of anilines is 2. The number of aryl methyl sites for hydroxylation is 1. The van der Waals surface area contributed by atoms with Crippen LogP contribution in [-0.2, 0) is 0 Å². The minimum atomic E-state index is -1.60. The topological polar surface area (TPSA) is 6.48 Å². The lowest BCUT2D eigenvalue weighted by molar-refractivity contribution is 0.418. The summed E-state index contributed by atoms with van der Waals surface area (Å²) in [6.45, 7) is 20.4. The largest absolute Gasteiger partial charge is 0.370 e. The van der Waals surface area contributed by atoms with Crippen LogP contribution in [0.1, 0.15) is 42.4 Å². The maximum Gasteiger partial charge on any atom is 0.0739 e. The van der Waals surface area contributed by atoms with Crippen LogP contribution in [-0.4, -0.2) is 40.6 Å². The number of hydrogen-bond acceptors (Lipinski definition) is 2. The molecule has 2 fully saturated rings. The molecule has 2 aliphatic heterocycles. The van der Waals surface area contributed by atoms with E-state index in [1.807, 2.05) is 0 Å². The SMILES string of the molecule is Cc1ccc2c(c1)[C@@H]1C3C=CC(C[Si](C)(C)CN4c5ccccc5C5C6C=CC=CC6C(C)C54)=CC3C(C)C1N2C[Si](C)(C)C. The molecule has 0 aromatic heterocycles. The van der Waals surface area contributed by atoms with Crippen molar-refractivity contribution in [3.8, 4) is 0 Å². The second-order valence-electron chi connectivity index (χ2n) is 17.7. The van der Waals surface area contributed by atoms with Gasteiger partial charge in [0.2, 0.25) is 0 Å². The Morgan fingerprint density at radius 1 is 0.667 bits per heavy atom. The molecule has 6 aliphatic rings. The maximum absolute atomic E-state index is 2.91. The van der Waals surface area contributed by atoms with Gasteiger partial charge in [0, 0.05) is 47.6 Å². The van der Waals surface area contributed by atoms with Crippen LogP contribution in [0, 0.1) is 42.4 Å². The van der Waals surface area contributed by atoms with E-state index in [2.05, 4.69) is 148 Å². The van der Waals surface area contributed by atoms with Crippen molar-refractivity contribution in [2.75, 3.05) is 22.1 Å². The minimum Gasteiger partial charge on any atom is -0.370 e. The van der Waals surface area contributed by atoms with Gasteiger partial charge in [0.15, 0.2) is 0 Å². The highest BCUT2D eigenvalue weighted by Crippen LogP contribution is 2.60. The summed E-state index contributed by atoms with van der Waals surface area (Å²) in [4.78, 5) is 5.78. The van der Waals surface area contributed by atoms with Gasteiger partial charge in [-0.1, -0.05) is 131 Å². The van der Waals surface area contributed by atoms with Crippen molar-refractivity contribution in [2.45, 2.75) is 83.5 Å². The number of fused-ring (bicyclic) bond motifs is 10. The number of nitrogens with zero attached hydrogens (tertiary/aromatic N) is 2. The lowest BCUT2D eigenvalue weighted by atomic mass is 9.80. The predicted molar refractivity (Wildman–Crippen MR) is 199 cm³/mol. The molecule has 0 radical (unpaired) electrons. The van der Waals surface area contributed by atoms with E-state index >= 15 is 0 Å². The Hall–Kier alpha value is -2.57. The first-order valence-electron chi connectivity index (χ1n) is 17.9. The van der Waals surface area contributed by atoms with Gasteiger partial charge in [0.25, 0.3) is 0 Å². The zero-order valence-electron chi connectivity index (χ0n) is 28.9. The molecule has 4 aliphatic carbocycles. The fraction of sp³-hybridized carbons (Fsp3) is 0.512. The molecule has 0 bridgehead atoms. The summed E-state index contributed by atoms with van der Waals surface area (Å²) >= 11 is 0. The van der Waals surface area contributed by atoms with Crippen molar-refractivity contribution in [3.05, 3.63) is 107 Å². The van der Waals surface area contributed by atoms with Gasteiger partial charge < -0.3 is 9.80 Å². The Morgan fingerprint density at radius 2 is 1.29 bits per heavy atom. The average Bonchev–Trinajstić information content (AvgIpc) is 3.66. The van der Waals surface area contributed by atoms with Gasteiger partial charge in [-0.2, -0.15) is 0 Å². The zero-order chi connectivity index (χ0) is 31.4. The van der Waals surface area contributed by atoms with Gasteiger partial charge >= 0.3 is 0 Å². The van der Waals surface area contributed by atoms with Crippen LogP contribution in [0.25, 0.3) is 0 Å². The van der Waals surface area contributed by atoms with E-state index in [0.717, 1.165) is 0 Å². The smallest absolute Gasteiger partial charge is 0.0739 e. The number of benzene rings is 2. The van der Waals surface area contributed by atoms with Gasteiger partial charge in [0.1, 0.15) is 0 Å². The molecule has 2 saturated carbocycles. The molecule has 45 heavy (non-hydrogen) atoms. The van der Waals surface area contributed by atoms with E-state index in [4.69, 9.17) is 0 Å². The Morgan fingerprint density at radius 3 is 2.04 bits per heavy atom. The van der Waals surface area contributed by atoms with Crippen LogP contribution in [0.15, 0.2) is 90.6 Å². The normalized spacial score (nSPS) is 35.6. The molecular formula is C41H54N2Si2. The minimum absolute atomic E-state index is 0.618. The second kappa shape index (κ2) is 10.5. The van der Waals surface area contributed by atoms with Crippen molar-refractivity contribution in [1.29, 1.82) is 0 Å². The number of hydrogen-bond donors (Lipinski definition) is 0. The summed E-state index contributed by atoms with van der Waals surface area (Å²) in [6, 6.07) is 19.3. The third-order valence-corrected chi connectivity index (χ3v) is 16.4. The van der Waals surface area contributed by atoms with Crippen LogP contribution in [0.5, 0.6) is 0 Å². The highest BCUT2D eigenvalue weighted by atomic mass is 28.3. The number of allylic oxidation sites excluding steroid dienone is 8. The zero-order valence-corrected chi connectivity index (χ0v) is 30.9. The van der Waals surface area contributed by atoms with E-state index in [0.29, 0.717) is 59.4 Å². The monoisotopic (exact) mass is 630 g/mol. The quantitative estimate of drug-likeness (QED) is 0.293. The molecule has 10 atom stereocenters. The average molecular weight is 631 g/mol. The standard InChI is InChI=1S/C41H54N2Si2/c1-26-17-20-37-35(21-26)39-32-19-18-29(22-34(32)28(3)41(39)42(37)24-44(4,5)6)23-45(7,8)25-43-36-16-12-11-15-33(36)38-31-14-10-9-13-30(31)27(2)40(38)43/h9-22,27-28,30-32,34,38-41H,23-25H2,1-8H3/t27?,28?,30?,31?,32?,34?,38?,39-,40?,41?/m0/s1. The van der Waals surface area contributed by atoms with Gasteiger partial charge in [-0.3, -0.25) is 0 Å². The molecule has 236 valence electrons. The molecule has 0 spiro atoms. The third kappa shape index (κ3) is 4.75. The van der Waals surface area contributed by atoms with Crippen molar-refractivity contribution in [2.24, 2.45) is 35.5 Å². The Labute approximate surface area is 275 Å². The van der Waals surface area contributed by atoms with E-state index in [1.165, 1.54) is 35.3 Å². The van der Waals surface area contributed by atoms with Crippen LogP contribution in [0.2, 0.25) is 38.8 Å². The van der Waals surface area contributed by atoms with E-state index in [-0.39, 0.29) is 0 Å². The third-order valence-electron chi connectivity index (χ3n) is 12.6. The summed E-state index contributed by atoms with van der Waals surface area (Å²) < 4.78 is 0. The van der Waals surface area contributed by atoms with Crippen LogP contribution in [0.3, 0.4) is 0 Å². The van der Waals surface area contributed by atoms with Crippen molar-refractivity contribution in [1.82, 2.24) is 0 Å². The van der Waals surface area contributed by atoms with E-state index in [1.54, 1.807) is 16.7 Å². The molecule has 4 heteroatoms. The Balaban J connectivity index is 1.05. The summed E-state index contributed by atoms with van der Waals surface area (Å²) in [7, 11) is -2.87. The first-order chi connectivity index (χ1) is 21.4. The molecular weight excluding hydrogens is 577 g/mol. The summed E-state index contributed by atoms with van der Waals surface area (Å²) in [5, 5.41) is 0. The Kier molecular flexibility index (Phi) is 6.94. The first kappa shape index (κ1) is 29.8. The Bertz CT molecular complexity index is 1620. The number of para-hydroxylation sites is 1. The molecule has 2 aromatic carbocycles. The summed E-state index contributed by atoms with van der Waals surface area (Å²) in [5.41, 5.74) is 9.35. The van der Waals surface area contributed by atoms with Crippen molar-refractivity contribution in [3.63, 3.8) is 0 Å². The van der Waals surface area contributed by atoms with E-state index < -0.39 is 16.1 Å². The van der Waals surface area contributed by atoms with Crippen LogP contribution in [0.4, 0.5) is 11.4 Å². The molecule has 8 rings (SSSR count). The summed E-state index contributed by atoms with van der Waals surface area (Å²) in [5.74, 6) is 5.20. The molecule has 2 nitrogen and oxygen atoms in total. The molecule has 0 N–H and O–H groups in total. The molecule has 9 unspecified atom stereocenters. The van der Waals surface area contributed by atoms with Gasteiger partial charge in [-0.25, -0.2) is 0 Å². The van der Waals surface area contributed by atoms with Crippen molar-refractivity contribution >= 4 is 27.5 Å². The molecule has 2 aromatic rings. The molecule has 2 heterocycles. The lowest BCUT2D eigenvalue weighted by Crippen LogP contribution is -2.48. The van der Waals surface area contributed by atoms with Crippen molar-refractivity contribution < 1.29 is 0 Å². The van der Waals surface area contributed by atoms with Crippen LogP contribution >= 0.6 is 0 Å². The predicted octanol–water partition coefficient (Wildman–Crippen LogP) is 9.75. The maximum atomic E-state index is 2.91. The first-order valence-corrected chi connectivity index (χ1v) is 25.0. The van der Waals surface area contributed by atoms with Gasteiger partial charge in [0.05, 0.1) is 16.1 Å². The van der Waals surface area contributed by atoms with Crippen LogP contribution < -0.4 is 9.80 Å². The highest BCUT2D eigenvalue weighted by molar-refractivity contribution is 6.78. The highest BCUT2D eigenvalue weighted by Gasteiger charge is 2.56. The second-order valence-corrected chi connectivity index (χ2v) is 28.1.